The summed E-state index contributed by atoms with van der Waals surface area (Å²) >= 11 is 0. The van der Waals surface area contributed by atoms with Crippen molar-refractivity contribution in [3.8, 4) is 5.69 Å². The monoisotopic (exact) mass is 288 g/mol. The van der Waals surface area contributed by atoms with Crippen molar-refractivity contribution in [1.82, 2.24) is 9.55 Å². The second-order valence-corrected chi connectivity index (χ2v) is 4.55. The molecular formula is C14H16N4O3. The Balaban J connectivity index is 2.01. The van der Waals surface area contributed by atoms with Gasteiger partial charge >= 0.3 is 5.97 Å². The van der Waals surface area contributed by atoms with Crippen LogP contribution in [-0.2, 0) is 9.59 Å². The minimum Gasteiger partial charge on any atom is -0.481 e. The van der Waals surface area contributed by atoms with Crippen LogP contribution < -0.4 is 11.1 Å². The van der Waals surface area contributed by atoms with Crippen molar-refractivity contribution in [3.63, 3.8) is 0 Å². The van der Waals surface area contributed by atoms with Gasteiger partial charge in [0, 0.05) is 30.2 Å². The van der Waals surface area contributed by atoms with Crippen LogP contribution in [0.2, 0.25) is 0 Å². The first-order chi connectivity index (χ1) is 10.1. The van der Waals surface area contributed by atoms with Gasteiger partial charge in [-0.2, -0.15) is 0 Å². The standard InChI is InChI=1S/C14H16N4O3/c15-12(4-5-13(19)20)14(21)17-10-2-1-3-11(8-10)18-7-6-16-9-18/h1-3,6-9,12H,4-5,15H2,(H,17,21)(H,19,20). The number of imidazole rings is 1. The molecule has 0 aliphatic heterocycles. The number of carboxylic acids is 1. The maximum Gasteiger partial charge on any atom is 0.303 e. The summed E-state index contributed by atoms with van der Waals surface area (Å²) in [5.74, 6) is -1.38. The Kier molecular flexibility index (Phi) is 4.68. The Labute approximate surface area is 121 Å². The average molecular weight is 288 g/mol. The fraction of sp³-hybridized carbons (Fsp3) is 0.214. The SMILES string of the molecule is NC(CCC(=O)O)C(=O)Nc1cccc(-n2ccnc2)c1. The van der Waals surface area contributed by atoms with E-state index in [1.54, 1.807) is 41.5 Å². The van der Waals surface area contributed by atoms with Crippen molar-refractivity contribution in [2.45, 2.75) is 18.9 Å². The average Bonchev–Trinajstić information content (AvgIpc) is 2.99. The molecule has 1 unspecified atom stereocenters. The molecule has 2 aromatic rings. The van der Waals surface area contributed by atoms with Crippen molar-refractivity contribution in [1.29, 1.82) is 0 Å². The van der Waals surface area contributed by atoms with Crippen LogP contribution in [0.15, 0.2) is 43.0 Å². The van der Waals surface area contributed by atoms with E-state index in [0.29, 0.717) is 5.69 Å². The molecule has 1 heterocycles. The summed E-state index contributed by atoms with van der Waals surface area (Å²) in [6, 6.07) is 6.35. The van der Waals surface area contributed by atoms with Crippen LogP contribution in [0.25, 0.3) is 5.69 Å². The van der Waals surface area contributed by atoms with Gasteiger partial charge in [-0.3, -0.25) is 9.59 Å². The van der Waals surface area contributed by atoms with Gasteiger partial charge in [0.15, 0.2) is 0 Å². The summed E-state index contributed by atoms with van der Waals surface area (Å²) in [4.78, 5) is 26.3. The molecule has 0 radical (unpaired) electrons. The van der Waals surface area contributed by atoms with Gasteiger partial charge in [0.05, 0.1) is 12.4 Å². The van der Waals surface area contributed by atoms with Crippen LogP contribution in [0.5, 0.6) is 0 Å². The van der Waals surface area contributed by atoms with Crippen LogP contribution in [0.1, 0.15) is 12.8 Å². The van der Waals surface area contributed by atoms with Crippen molar-refractivity contribution in [3.05, 3.63) is 43.0 Å². The van der Waals surface area contributed by atoms with Gasteiger partial charge in [0.1, 0.15) is 0 Å². The minimum absolute atomic E-state index is 0.0996. The Morgan fingerprint density at radius 2 is 2.24 bits per heavy atom. The highest BCUT2D eigenvalue weighted by Gasteiger charge is 2.15. The van der Waals surface area contributed by atoms with Crippen LogP contribution in [0.4, 0.5) is 5.69 Å². The van der Waals surface area contributed by atoms with Crippen LogP contribution in [-0.4, -0.2) is 32.6 Å². The van der Waals surface area contributed by atoms with E-state index in [4.69, 9.17) is 10.8 Å². The van der Waals surface area contributed by atoms with Gasteiger partial charge in [-0.1, -0.05) is 6.07 Å². The summed E-state index contributed by atoms with van der Waals surface area (Å²) in [6.45, 7) is 0. The zero-order valence-corrected chi connectivity index (χ0v) is 11.3. The van der Waals surface area contributed by atoms with Crippen LogP contribution >= 0.6 is 0 Å². The normalized spacial score (nSPS) is 11.9. The van der Waals surface area contributed by atoms with Gasteiger partial charge in [-0.25, -0.2) is 4.98 Å². The Morgan fingerprint density at radius 3 is 2.90 bits per heavy atom. The quantitative estimate of drug-likeness (QED) is 0.734. The second kappa shape index (κ2) is 6.67. The highest BCUT2D eigenvalue weighted by atomic mass is 16.4. The molecule has 0 saturated heterocycles. The van der Waals surface area contributed by atoms with Gasteiger partial charge < -0.3 is 20.7 Å². The van der Waals surface area contributed by atoms with E-state index in [1.165, 1.54) is 0 Å². The third kappa shape index (κ3) is 4.15. The Morgan fingerprint density at radius 1 is 1.43 bits per heavy atom. The molecule has 110 valence electrons. The van der Waals surface area contributed by atoms with Crippen molar-refractivity contribution in [2.75, 3.05) is 5.32 Å². The van der Waals surface area contributed by atoms with Crippen LogP contribution in [0, 0.1) is 0 Å². The fourth-order valence-corrected chi connectivity index (χ4v) is 1.80. The van der Waals surface area contributed by atoms with Crippen LogP contribution in [0.3, 0.4) is 0 Å². The molecule has 7 heteroatoms. The number of nitrogens with two attached hydrogens (primary N) is 1. The topological polar surface area (TPSA) is 110 Å². The van der Waals surface area contributed by atoms with Gasteiger partial charge in [0.25, 0.3) is 0 Å². The number of nitrogens with one attached hydrogen (secondary N) is 1. The number of carbonyl (C=O) groups excluding carboxylic acids is 1. The third-order valence-electron chi connectivity index (χ3n) is 2.92. The summed E-state index contributed by atoms with van der Waals surface area (Å²) in [5.41, 5.74) is 7.10. The fourth-order valence-electron chi connectivity index (χ4n) is 1.80. The number of aromatic nitrogens is 2. The second-order valence-electron chi connectivity index (χ2n) is 4.55. The molecular weight excluding hydrogens is 272 g/mol. The van der Waals surface area contributed by atoms with Gasteiger partial charge in [-0.15, -0.1) is 0 Å². The van der Waals surface area contributed by atoms with E-state index in [0.717, 1.165) is 5.69 Å². The largest absolute Gasteiger partial charge is 0.481 e. The first-order valence-electron chi connectivity index (χ1n) is 6.43. The molecule has 21 heavy (non-hydrogen) atoms. The zero-order valence-electron chi connectivity index (χ0n) is 11.3. The third-order valence-corrected chi connectivity index (χ3v) is 2.92. The number of aliphatic carboxylic acids is 1. The smallest absolute Gasteiger partial charge is 0.303 e. The summed E-state index contributed by atoms with van der Waals surface area (Å²) in [5, 5.41) is 11.3. The number of rotatable bonds is 6. The number of hydrogen-bond donors (Lipinski definition) is 3. The van der Waals surface area contributed by atoms with E-state index in [-0.39, 0.29) is 12.8 Å². The molecule has 0 saturated carbocycles. The number of anilines is 1. The van der Waals surface area contributed by atoms with Crippen molar-refractivity contribution < 1.29 is 14.7 Å². The molecule has 1 aromatic carbocycles. The summed E-state index contributed by atoms with van der Waals surface area (Å²) in [7, 11) is 0. The Bertz CT molecular complexity index is 625. The molecule has 0 aliphatic rings. The van der Waals surface area contributed by atoms with Crippen molar-refractivity contribution in [2.24, 2.45) is 5.73 Å². The van der Waals surface area contributed by atoms with Crippen molar-refractivity contribution >= 4 is 17.6 Å². The number of amides is 1. The van der Waals surface area contributed by atoms with Gasteiger partial charge in [-0.05, 0) is 24.6 Å². The molecule has 4 N–H and O–H groups in total. The van der Waals surface area contributed by atoms with Gasteiger partial charge in [0.2, 0.25) is 5.91 Å². The molecule has 2 rings (SSSR count). The molecule has 1 amide bonds. The molecule has 0 aliphatic carbocycles. The summed E-state index contributed by atoms with van der Waals surface area (Å²) in [6.07, 6.45) is 5.07. The number of benzene rings is 1. The van der Waals surface area contributed by atoms with E-state index in [1.807, 2.05) is 6.07 Å². The maximum atomic E-state index is 11.9. The molecule has 7 nitrogen and oxygen atoms in total. The lowest BCUT2D eigenvalue weighted by Gasteiger charge is -2.12. The van der Waals surface area contributed by atoms with E-state index in [9.17, 15) is 9.59 Å². The van der Waals surface area contributed by atoms with E-state index >= 15 is 0 Å². The number of carbonyl (C=O) groups is 2. The summed E-state index contributed by atoms with van der Waals surface area (Å²) < 4.78 is 1.81. The van der Waals surface area contributed by atoms with E-state index < -0.39 is 17.9 Å². The zero-order chi connectivity index (χ0) is 15.2. The molecule has 0 fully saturated rings. The maximum absolute atomic E-state index is 11.9. The first-order valence-corrected chi connectivity index (χ1v) is 6.43. The number of nitrogens with zero attached hydrogens (tertiary/aromatic N) is 2. The van der Waals surface area contributed by atoms with E-state index in [2.05, 4.69) is 10.3 Å². The molecule has 0 bridgehead atoms. The number of hydrogen-bond acceptors (Lipinski definition) is 4. The molecule has 0 spiro atoms. The first kappa shape index (κ1) is 14.7. The highest BCUT2D eigenvalue weighted by Crippen LogP contribution is 2.14. The number of carboxylic acid groups (broad SMARTS) is 1. The molecule has 1 aromatic heterocycles. The lowest BCUT2D eigenvalue weighted by molar-refractivity contribution is -0.137. The Hall–Kier alpha value is -2.67. The molecule has 1 atom stereocenters. The highest BCUT2D eigenvalue weighted by molar-refractivity contribution is 5.95. The predicted octanol–water partition coefficient (Wildman–Crippen LogP) is 1.00. The lowest BCUT2D eigenvalue weighted by atomic mass is 10.1. The minimum atomic E-state index is -0.972. The lowest BCUT2D eigenvalue weighted by Crippen LogP contribution is -2.36. The predicted molar refractivity (Wildman–Crippen MR) is 77.0 cm³/mol.